The minimum atomic E-state index is -0.426. The number of amides is 1. The number of rotatable bonds is 6. The maximum absolute atomic E-state index is 12.8. The van der Waals surface area contributed by atoms with Crippen molar-refractivity contribution in [2.75, 3.05) is 12.4 Å². The second-order valence-electron chi connectivity index (χ2n) is 8.33. The highest BCUT2D eigenvalue weighted by Crippen LogP contribution is 2.31. The van der Waals surface area contributed by atoms with Gasteiger partial charge in [-0.1, -0.05) is 36.4 Å². The Morgan fingerprint density at radius 2 is 1.79 bits per heavy atom. The van der Waals surface area contributed by atoms with Crippen molar-refractivity contribution in [2.24, 2.45) is 0 Å². The van der Waals surface area contributed by atoms with Gasteiger partial charge in [0.25, 0.3) is 5.91 Å². The van der Waals surface area contributed by atoms with E-state index in [1.165, 1.54) is 0 Å². The molecule has 2 heterocycles. The third-order valence-electron chi connectivity index (χ3n) is 5.94. The topological polar surface area (TPSA) is 77.4 Å². The predicted molar refractivity (Wildman–Crippen MR) is 131 cm³/mol. The Morgan fingerprint density at radius 3 is 2.59 bits per heavy atom. The summed E-state index contributed by atoms with van der Waals surface area (Å²) in [5.41, 5.74) is 5.37. The highest BCUT2D eigenvalue weighted by atomic mass is 16.5. The van der Waals surface area contributed by atoms with Crippen molar-refractivity contribution in [3.63, 3.8) is 0 Å². The van der Waals surface area contributed by atoms with E-state index in [0.29, 0.717) is 18.0 Å². The van der Waals surface area contributed by atoms with Crippen LogP contribution in [-0.4, -0.2) is 22.8 Å². The maximum atomic E-state index is 12.8. The number of benzene rings is 3. The lowest BCUT2D eigenvalue weighted by Crippen LogP contribution is -2.38. The van der Waals surface area contributed by atoms with E-state index in [9.17, 15) is 4.79 Å². The number of aromatic nitrogens is 2. The fraction of sp³-hybridized carbons (Fsp3) is 0.185. The van der Waals surface area contributed by atoms with Gasteiger partial charge in [-0.15, -0.1) is 0 Å². The van der Waals surface area contributed by atoms with Crippen molar-refractivity contribution >= 4 is 11.7 Å². The number of methoxy groups -OCH3 is 1. The molecule has 4 aromatic rings. The van der Waals surface area contributed by atoms with Gasteiger partial charge in [-0.25, -0.2) is 4.68 Å². The zero-order chi connectivity index (χ0) is 23.7. The summed E-state index contributed by atoms with van der Waals surface area (Å²) >= 11 is 0. The van der Waals surface area contributed by atoms with Crippen molar-refractivity contribution in [1.82, 2.24) is 15.1 Å². The quantitative estimate of drug-likeness (QED) is 0.432. The Kier molecular flexibility index (Phi) is 5.67. The van der Waals surface area contributed by atoms with Gasteiger partial charge in [0.2, 0.25) is 0 Å². The van der Waals surface area contributed by atoms with Gasteiger partial charge in [-0.05, 0) is 60.9 Å². The first-order chi connectivity index (χ1) is 16.5. The fourth-order valence-electron chi connectivity index (χ4n) is 4.08. The molecule has 3 aromatic carbocycles. The largest absolute Gasteiger partial charge is 0.496 e. The molecule has 0 bridgehead atoms. The highest BCUT2D eigenvalue weighted by molar-refractivity contribution is 6.01. The Morgan fingerprint density at radius 1 is 0.971 bits per heavy atom. The predicted octanol–water partition coefficient (Wildman–Crippen LogP) is 4.93. The van der Waals surface area contributed by atoms with Gasteiger partial charge in [-0.2, -0.15) is 5.10 Å². The van der Waals surface area contributed by atoms with E-state index in [0.717, 1.165) is 39.4 Å². The number of ether oxygens (including phenoxy) is 2. The molecule has 1 amide bonds. The molecule has 1 aliphatic heterocycles. The molecule has 5 rings (SSSR count). The van der Waals surface area contributed by atoms with Crippen molar-refractivity contribution in [1.29, 1.82) is 0 Å². The summed E-state index contributed by atoms with van der Waals surface area (Å²) in [6.07, 6.45) is 1.16. The van der Waals surface area contributed by atoms with Crippen LogP contribution in [-0.2, 0) is 6.61 Å². The van der Waals surface area contributed by atoms with Crippen molar-refractivity contribution in [3.8, 4) is 17.2 Å². The smallest absolute Gasteiger partial charge is 0.258 e. The Labute approximate surface area is 198 Å². The Hall–Kier alpha value is -4.26. The number of carbonyl (C=O) groups is 1. The van der Waals surface area contributed by atoms with E-state index in [1.54, 1.807) is 18.0 Å². The standard InChI is InChI=1S/C27H26N4O3/c1-17-9-10-18(2)24(13-17)34-16-20-14-19(11-12-23(20)33-3)25-29-26-22(27(32)30-25)15-28-31(26)21-7-5-4-6-8-21/h4-15,25,29H,16H2,1-3H3,(H,30,32)/t25-/m1/s1. The molecule has 7 nitrogen and oxygen atoms in total. The average Bonchev–Trinajstić information content (AvgIpc) is 3.29. The van der Waals surface area contributed by atoms with E-state index >= 15 is 0 Å². The van der Waals surface area contributed by atoms with Crippen LogP contribution in [0.5, 0.6) is 11.5 Å². The van der Waals surface area contributed by atoms with Crippen molar-refractivity contribution in [3.05, 3.63) is 101 Å². The molecule has 0 spiro atoms. The van der Waals surface area contributed by atoms with Crippen molar-refractivity contribution in [2.45, 2.75) is 26.6 Å². The molecule has 1 atom stereocenters. The number of hydrogen-bond donors (Lipinski definition) is 2. The van der Waals surface area contributed by atoms with E-state index in [4.69, 9.17) is 9.47 Å². The molecule has 0 aliphatic carbocycles. The molecule has 0 unspecified atom stereocenters. The number of nitrogens with one attached hydrogen (secondary N) is 2. The van der Waals surface area contributed by atoms with Crippen LogP contribution in [0.25, 0.3) is 5.69 Å². The molecular weight excluding hydrogens is 428 g/mol. The summed E-state index contributed by atoms with van der Waals surface area (Å²) in [7, 11) is 1.64. The molecule has 0 saturated heterocycles. The molecule has 0 radical (unpaired) electrons. The summed E-state index contributed by atoms with van der Waals surface area (Å²) in [5, 5.41) is 10.9. The van der Waals surface area contributed by atoms with Crippen LogP contribution in [0.3, 0.4) is 0 Å². The third-order valence-corrected chi connectivity index (χ3v) is 5.94. The molecule has 0 saturated carbocycles. The maximum Gasteiger partial charge on any atom is 0.258 e. The molecule has 172 valence electrons. The lowest BCUT2D eigenvalue weighted by Gasteiger charge is -2.27. The highest BCUT2D eigenvalue weighted by Gasteiger charge is 2.29. The average molecular weight is 455 g/mol. The second kappa shape index (κ2) is 8.94. The Bertz CT molecular complexity index is 1350. The number of aryl methyl sites for hydroxylation is 2. The van der Waals surface area contributed by atoms with Gasteiger partial charge < -0.3 is 20.1 Å². The fourth-order valence-corrected chi connectivity index (χ4v) is 4.08. The molecule has 34 heavy (non-hydrogen) atoms. The second-order valence-corrected chi connectivity index (χ2v) is 8.33. The zero-order valence-electron chi connectivity index (χ0n) is 19.3. The molecule has 1 aliphatic rings. The van der Waals surface area contributed by atoms with Gasteiger partial charge in [0.1, 0.15) is 35.7 Å². The number of hydrogen-bond acceptors (Lipinski definition) is 5. The molecular formula is C27H26N4O3. The zero-order valence-corrected chi connectivity index (χ0v) is 19.3. The van der Waals surface area contributed by atoms with Crippen LogP contribution < -0.4 is 20.1 Å². The lowest BCUT2D eigenvalue weighted by molar-refractivity contribution is 0.0935. The number of nitrogens with zero attached hydrogens (tertiary/aromatic N) is 2. The molecule has 7 heteroatoms. The Balaban J connectivity index is 1.43. The normalized spacial score (nSPS) is 14.7. The van der Waals surface area contributed by atoms with E-state index in [1.807, 2.05) is 74.5 Å². The SMILES string of the molecule is COc1ccc([C@H]2NC(=O)c3cnn(-c4ccccc4)c3N2)cc1COc1cc(C)ccc1C. The first kappa shape index (κ1) is 21.6. The molecule has 0 fully saturated rings. The number of para-hydroxylation sites is 1. The molecule has 2 N–H and O–H groups in total. The van der Waals surface area contributed by atoms with Crippen LogP contribution in [0, 0.1) is 13.8 Å². The van der Waals surface area contributed by atoms with Crippen LogP contribution >= 0.6 is 0 Å². The van der Waals surface area contributed by atoms with Crippen LogP contribution in [0.15, 0.2) is 72.9 Å². The molecule has 1 aromatic heterocycles. The minimum Gasteiger partial charge on any atom is -0.496 e. The first-order valence-electron chi connectivity index (χ1n) is 11.1. The summed E-state index contributed by atoms with van der Waals surface area (Å²) in [5.74, 6) is 2.05. The summed E-state index contributed by atoms with van der Waals surface area (Å²) in [6.45, 7) is 4.41. The van der Waals surface area contributed by atoms with E-state index < -0.39 is 6.17 Å². The summed E-state index contributed by atoms with van der Waals surface area (Å²) in [6, 6.07) is 21.7. The summed E-state index contributed by atoms with van der Waals surface area (Å²) in [4.78, 5) is 12.8. The van der Waals surface area contributed by atoms with Crippen LogP contribution in [0.4, 0.5) is 5.82 Å². The van der Waals surface area contributed by atoms with Crippen molar-refractivity contribution < 1.29 is 14.3 Å². The lowest BCUT2D eigenvalue weighted by atomic mass is 10.1. The summed E-state index contributed by atoms with van der Waals surface area (Å²) < 4.78 is 13.4. The van der Waals surface area contributed by atoms with Crippen LogP contribution in [0.1, 0.15) is 38.8 Å². The van der Waals surface area contributed by atoms with Gasteiger partial charge in [0.15, 0.2) is 0 Å². The number of carbonyl (C=O) groups excluding carboxylic acids is 1. The van der Waals surface area contributed by atoms with E-state index in [-0.39, 0.29) is 5.91 Å². The first-order valence-corrected chi connectivity index (χ1v) is 11.1. The number of anilines is 1. The van der Waals surface area contributed by atoms with Gasteiger partial charge >= 0.3 is 0 Å². The third kappa shape index (κ3) is 4.08. The minimum absolute atomic E-state index is 0.176. The van der Waals surface area contributed by atoms with Crippen LogP contribution in [0.2, 0.25) is 0 Å². The number of fused-ring (bicyclic) bond motifs is 1. The van der Waals surface area contributed by atoms with Gasteiger partial charge in [0, 0.05) is 5.56 Å². The monoisotopic (exact) mass is 454 g/mol. The van der Waals surface area contributed by atoms with Gasteiger partial charge in [-0.3, -0.25) is 4.79 Å². The van der Waals surface area contributed by atoms with Gasteiger partial charge in [0.05, 0.1) is 19.0 Å². The van der Waals surface area contributed by atoms with E-state index in [2.05, 4.69) is 21.8 Å².